The number of imidazole rings is 1. The fourth-order valence-electron chi connectivity index (χ4n) is 4.76. The summed E-state index contributed by atoms with van der Waals surface area (Å²) in [5.74, 6) is 1.03. The molecular weight excluding hydrogens is 458 g/mol. The van der Waals surface area contributed by atoms with E-state index in [1.165, 1.54) is 0 Å². The summed E-state index contributed by atoms with van der Waals surface area (Å²) in [6.07, 6.45) is 5.76. The van der Waals surface area contributed by atoms with Crippen LogP contribution in [0.5, 0.6) is 5.75 Å². The minimum Gasteiger partial charge on any atom is -0.491 e. The molecule has 186 valence electrons. The van der Waals surface area contributed by atoms with E-state index in [-0.39, 0.29) is 31.1 Å². The molecule has 3 heterocycles. The molecule has 2 aromatic heterocycles. The number of ketones is 1. The molecule has 1 saturated heterocycles. The Labute approximate surface area is 208 Å². The number of aromatic nitrogens is 4. The summed E-state index contributed by atoms with van der Waals surface area (Å²) in [6, 6.07) is 11.3. The van der Waals surface area contributed by atoms with Gasteiger partial charge in [-0.15, -0.1) is 0 Å². The zero-order valence-corrected chi connectivity index (χ0v) is 19.9. The Balaban J connectivity index is 1.31. The van der Waals surface area contributed by atoms with Crippen LogP contribution in [0.2, 0.25) is 0 Å². The van der Waals surface area contributed by atoms with Gasteiger partial charge in [0.15, 0.2) is 17.2 Å². The van der Waals surface area contributed by atoms with E-state index in [2.05, 4.69) is 24.8 Å². The van der Waals surface area contributed by atoms with Crippen LogP contribution in [0.1, 0.15) is 31.2 Å². The molecule has 2 aromatic carbocycles. The number of primary amides is 1. The summed E-state index contributed by atoms with van der Waals surface area (Å²) in [7, 11) is 0. The highest BCUT2D eigenvalue weighted by molar-refractivity contribution is 5.91. The molecule has 5 rings (SSSR count). The standard InChI is InChI=1S/C26H29N7O3/c27-20(8-9-23(28)35)21(34)12-16-6-7-17-3-1-5-22(19(17)11-16)36-13-18-4-2-10-33(18)26-24-25(30-14-29-24)31-15-32-26/h1,3,5-7,11,14-15,18,20H,2,4,8-10,12-13,27H2,(H2,28,35)(H,29,30,31,32)/t18-,20+/m1/s1. The maximum Gasteiger partial charge on any atom is 0.217 e. The molecule has 5 N–H and O–H groups in total. The number of carbonyl (C=O) groups is 2. The third-order valence-electron chi connectivity index (χ3n) is 6.68. The van der Waals surface area contributed by atoms with Gasteiger partial charge < -0.3 is 26.1 Å². The molecule has 4 aromatic rings. The normalized spacial score (nSPS) is 16.5. The lowest BCUT2D eigenvalue weighted by Crippen LogP contribution is -2.35. The van der Waals surface area contributed by atoms with E-state index in [1.54, 1.807) is 12.7 Å². The Morgan fingerprint density at radius 1 is 1.19 bits per heavy atom. The molecule has 0 bridgehead atoms. The van der Waals surface area contributed by atoms with Gasteiger partial charge in [0.05, 0.1) is 18.4 Å². The van der Waals surface area contributed by atoms with E-state index >= 15 is 0 Å². The average molecular weight is 488 g/mol. The Kier molecular flexibility index (Phi) is 6.77. The number of aromatic amines is 1. The van der Waals surface area contributed by atoms with Crippen molar-refractivity contribution in [3.63, 3.8) is 0 Å². The lowest BCUT2D eigenvalue weighted by molar-refractivity contribution is -0.120. The van der Waals surface area contributed by atoms with E-state index in [1.807, 2.05) is 36.4 Å². The first-order valence-corrected chi connectivity index (χ1v) is 12.1. The topological polar surface area (TPSA) is 153 Å². The molecule has 1 fully saturated rings. The van der Waals surface area contributed by atoms with Crippen LogP contribution in [0.15, 0.2) is 49.1 Å². The lowest BCUT2D eigenvalue weighted by Gasteiger charge is -2.26. The highest BCUT2D eigenvalue weighted by atomic mass is 16.5. The number of carbonyl (C=O) groups excluding carboxylic acids is 2. The van der Waals surface area contributed by atoms with Crippen LogP contribution in [0.3, 0.4) is 0 Å². The number of hydrogen-bond donors (Lipinski definition) is 3. The number of fused-ring (bicyclic) bond motifs is 2. The second kappa shape index (κ2) is 10.3. The minimum absolute atomic E-state index is 0.0989. The molecule has 0 spiro atoms. The van der Waals surface area contributed by atoms with Crippen LogP contribution in [0, 0.1) is 0 Å². The zero-order valence-electron chi connectivity index (χ0n) is 19.9. The third kappa shape index (κ3) is 4.99. The van der Waals surface area contributed by atoms with Crippen molar-refractivity contribution in [2.45, 2.75) is 44.2 Å². The van der Waals surface area contributed by atoms with Gasteiger partial charge in [0, 0.05) is 24.8 Å². The zero-order chi connectivity index (χ0) is 25.1. The molecule has 0 unspecified atom stereocenters. The SMILES string of the molecule is NC(=O)CC[C@H](N)C(=O)Cc1ccc2cccc(OC[C@H]3CCCN3c3ncnc4nc[nH]c34)c2c1. The number of ether oxygens (including phenoxy) is 1. The Morgan fingerprint density at radius 3 is 2.94 bits per heavy atom. The number of H-pyrrole nitrogens is 1. The first kappa shape index (κ1) is 23.7. The summed E-state index contributed by atoms with van der Waals surface area (Å²) >= 11 is 0. The number of hydrogen-bond acceptors (Lipinski definition) is 8. The van der Waals surface area contributed by atoms with Crippen molar-refractivity contribution >= 4 is 39.4 Å². The number of Topliss-reactive ketones (excluding diaryl/α,β-unsaturated/α-hetero) is 1. The van der Waals surface area contributed by atoms with Crippen molar-refractivity contribution in [3.05, 3.63) is 54.6 Å². The predicted octanol–water partition coefficient (Wildman–Crippen LogP) is 2.26. The summed E-state index contributed by atoms with van der Waals surface area (Å²) in [4.78, 5) is 41.9. The van der Waals surface area contributed by atoms with Crippen molar-refractivity contribution in [2.24, 2.45) is 11.5 Å². The van der Waals surface area contributed by atoms with Crippen molar-refractivity contribution in [1.82, 2.24) is 19.9 Å². The Bertz CT molecular complexity index is 1400. The summed E-state index contributed by atoms with van der Waals surface area (Å²) in [5.41, 5.74) is 13.5. The fraction of sp³-hybridized carbons (Fsp3) is 0.346. The molecule has 0 aliphatic carbocycles. The fourth-order valence-corrected chi connectivity index (χ4v) is 4.76. The number of nitrogens with zero attached hydrogens (tertiary/aromatic N) is 4. The minimum atomic E-state index is -0.712. The van der Waals surface area contributed by atoms with E-state index in [9.17, 15) is 9.59 Å². The number of nitrogens with two attached hydrogens (primary N) is 2. The highest BCUT2D eigenvalue weighted by Crippen LogP contribution is 2.31. The quantitative estimate of drug-likeness (QED) is 0.308. The maximum atomic E-state index is 12.6. The first-order chi connectivity index (χ1) is 17.5. The number of anilines is 1. The first-order valence-electron chi connectivity index (χ1n) is 12.1. The average Bonchev–Trinajstić information content (AvgIpc) is 3.55. The Morgan fingerprint density at radius 2 is 2.08 bits per heavy atom. The molecule has 0 saturated carbocycles. The molecule has 1 aliphatic heterocycles. The van der Waals surface area contributed by atoms with Gasteiger partial charge in [-0.3, -0.25) is 9.59 Å². The summed E-state index contributed by atoms with van der Waals surface area (Å²) in [5, 5.41) is 1.97. The van der Waals surface area contributed by atoms with Crippen LogP contribution < -0.4 is 21.1 Å². The molecule has 0 radical (unpaired) electrons. The highest BCUT2D eigenvalue weighted by Gasteiger charge is 2.28. The van der Waals surface area contributed by atoms with Gasteiger partial charge in [-0.25, -0.2) is 15.0 Å². The van der Waals surface area contributed by atoms with Crippen molar-refractivity contribution in [1.29, 1.82) is 0 Å². The van der Waals surface area contributed by atoms with Gasteiger partial charge in [0.1, 0.15) is 24.2 Å². The van der Waals surface area contributed by atoms with Crippen LogP contribution in [-0.2, 0) is 16.0 Å². The third-order valence-corrected chi connectivity index (χ3v) is 6.68. The van der Waals surface area contributed by atoms with Crippen LogP contribution in [-0.4, -0.2) is 56.9 Å². The molecule has 1 amide bonds. The van der Waals surface area contributed by atoms with E-state index in [0.29, 0.717) is 12.3 Å². The predicted molar refractivity (Wildman–Crippen MR) is 137 cm³/mol. The molecule has 10 heteroatoms. The Hall–Kier alpha value is -4.05. The molecule has 2 atom stereocenters. The molecule has 36 heavy (non-hydrogen) atoms. The van der Waals surface area contributed by atoms with E-state index in [4.69, 9.17) is 16.2 Å². The van der Waals surface area contributed by atoms with Crippen molar-refractivity contribution in [3.8, 4) is 5.75 Å². The largest absolute Gasteiger partial charge is 0.491 e. The van der Waals surface area contributed by atoms with Crippen molar-refractivity contribution in [2.75, 3.05) is 18.1 Å². The van der Waals surface area contributed by atoms with Gasteiger partial charge in [-0.1, -0.05) is 24.3 Å². The lowest BCUT2D eigenvalue weighted by atomic mass is 9.98. The second-order valence-electron chi connectivity index (χ2n) is 9.17. The number of rotatable bonds is 10. The number of amides is 1. The van der Waals surface area contributed by atoms with Crippen LogP contribution >= 0.6 is 0 Å². The smallest absolute Gasteiger partial charge is 0.217 e. The van der Waals surface area contributed by atoms with Gasteiger partial charge >= 0.3 is 0 Å². The van der Waals surface area contributed by atoms with Crippen LogP contribution in [0.4, 0.5) is 5.82 Å². The van der Waals surface area contributed by atoms with Gasteiger partial charge in [-0.05, 0) is 42.3 Å². The molecule has 1 aliphatic rings. The van der Waals surface area contributed by atoms with Gasteiger partial charge in [0.25, 0.3) is 0 Å². The number of nitrogens with one attached hydrogen (secondary N) is 1. The van der Waals surface area contributed by atoms with Crippen molar-refractivity contribution < 1.29 is 14.3 Å². The monoisotopic (exact) mass is 487 g/mol. The summed E-state index contributed by atoms with van der Waals surface area (Å²) in [6.45, 7) is 1.39. The number of benzene rings is 2. The van der Waals surface area contributed by atoms with Gasteiger partial charge in [-0.2, -0.15) is 0 Å². The summed E-state index contributed by atoms with van der Waals surface area (Å²) < 4.78 is 6.35. The second-order valence-corrected chi connectivity index (χ2v) is 9.17. The molecular formula is C26H29N7O3. The maximum absolute atomic E-state index is 12.6. The van der Waals surface area contributed by atoms with E-state index in [0.717, 1.165) is 52.8 Å². The van der Waals surface area contributed by atoms with Crippen LogP contribution in [0.25, 0.3) is 21.9 Å². The molecule has 10 nitrogen and oxygen atoms in total. The van der Waals surface area contributed by atoms with E-state index < -0.39 is 11.9 Å². The van der Waals surface area contributed by atoms with Gasteiger partial charge in [0.2, 0.25) is 5.91 Å².